The average Bonchev–Trinajstić information content (AvgIpc) is 3.15. The summed E-state index contributed by atoms with van der Waals surface area (Å²) in [6, 6.07) is 11.2. The van der Waals surface area contributed by atoms with Gasteiger partial charge in [-0.25, -0.2) is 9.67 Å². The molecule has 2 heterocycles. The van der Waals surface area contributed by atoms with Crippen LogP contribution >= 0.6 is 0 Å². The molecule has 0 fully saturated rings. The molecule has 0 radical (unpaired) electrons. The zero-order valence-electron chi connectivity index (χ0n) is 13.0. The standard InChI is InChI=1S/C16H17N5O2/c1-11-18-12(2)21(19-11)9-8-17-16(22)14-10-15(23-20-14)13-6-4-3-5-7-13/h3-7,10H,8-9H2,1-2H3,(H,17,22). The van der Waals surface area contributed by atoms with Crippen molar-refractivity contribution in [3.8, 4) is 11.3 Å². The molecular formula is C16H17N5O2. The summed E-state index contributed by atoms with van der Waals surface area (Å²) >= 11 is 0. The number of hydrogen-bond donors (Lipinski definition) is 1. The third-order valence-corrected chi connectivity index (χ3v) is 3.37. The minimum Gasteiger partial charge on any atom is -0.355 e. The van der Waals surface area contributed by atoms with Crippen molar-refractivity contribution in [2.45, 2.75) is 20.4 Å². The Hall–Kier alpha value is -2.96. The Morgan fingerprint density at radius 1 is 1.26 bits per heavy atom. The molecule has 118 valence electrons. The summed E-state index contributed by atoms with van der Waals surface area (Å²) in [4.78, 5) is 16.3. The van der Waals surface area contributed by atoms with Gasteiger partial charge in [-0.3, -0.25) is 4.79 Å². The summed E-state index contributed by atoms with van der Waals surface area (Å²) < 4.78 is 6.98. The Labute approximate surface area is 133 Å². The lowest BCUT2D eigenvalue weighted by molar-refractivity contribution is 0.0943. The minimum absolute atomic E-state index is 0.260. The smallest absolute Gasteiger partial charge is 0.273 e. The van der Waals surface area contributed by atoms with Crippen LogP contribution in [0.5, 0.6) is 0 Å². The lowest BCUT2D eigenvalue weighted by Gasteiger charge is -2.04. The van der Waals surface area contributed by atoms with Gasteiger partial charge in [0.2, 0.25) is 0 Å². The van der Waals surface area contributed by atoms with Crippen LogP contribution in [0.3, 0.4) is 0 Å². The number of benzene rings is 1. The molecule has 1 aromatic carbocycles. The summed E-state index contributed by atoms with van der Waals surface area (Å²) in [6.45, 7) is 4.71. The van der Waals surface area contributed by atoms with Crippen LogP contribution in [0.25, 0.3) is 11.3 Å². The van der Waals surface area contributed by atoms with Gasteiger partial charge in [0.05, 0.1) is 6.54 Å². The third kappa shape index (κ3) is 3.45. The largest absolute Gasteiger partial charge is 0.355 e. The number of aromatic nitrogens is 4. The number of rotatable bonds is 5. The highest BCUT2D eigenvalue weighted by Gasteiger charge is 2.13. The molecule has 0 aliphatic heterocycles. The van der Waals surface area contributed by atoms with E-state index in [-0.39, 0.29) is 11.6 Å². The van der Waals surface area contributed by atoms with Crippen LogP contribution in [0.4, 0.5) is 0 Å². The normalized spacial score (nSPS) is 10.7. The van der Waals surface area contributed by atoms with Crippen LogP contribution in [0.1, 0.15) is 22.1 Å². The lowest BCUT2D eigenvalue weighted by Crippen LogP contribution is -2.28. The van der Waals surface area contributed by atoms with E-state index in [1.54, 1.807) is 10.7 Å². The molecule has 0 bridgehead atoms. The number of carbonyl (C=O) groups excluding carboxylic acids is 1. The highest BCUT2D eigenvalue weighted by Crippen LogP contribution is 2.19. The third-order valence-electron chi connectivity index (χ3n) is 3.37. The fourth-order valence-corrected chi connectivity index (χ4v) is 2.26. The monoisotopic (exact) mass is 311 g/mol. The molecule has 0 saturated carbocycles. The molecule has 7 nitrogen and oxygen atoms in total. The molecule has 0 spiro atoms. The first-order valence-corrected chi connectivity index (χ1v) is 7.32. The van der Waals surface area contributed by atoms with Crippen molar-refractivity contribution in [2.24, 2.45) is 0 Å². The van der Waals surface area contributed by atoms with Crippen LogP contribution in [0, 0.1) is 13.8 Å². The zero-order chi connectivity index (χ0) is 16.2. The number of nitrogens with zero attached hydrogens (tertiary/aromatic N) is 4. The number of amides is 1. The van der Waals surface area contributed by atoms with E-state index in [0.29, 0.717) is 18.8 Å². The molecule has 1 N–H and O–H groups in total. The van der Waals surface area contributed by atoms with E-state index in [0.717, 1.165) is 17.2 Å². The topological polar surface area (TPSA) is 85.8 Å². The molecule has 0 unspecified atom stereocenters. The fraction of sp³-hybridized carbons (Fsp3) is 0.250. The van der Waals surface area contributed by atoms with Crippen molar-refractivity contribution >= 4 is 5.91 Å². The first-order valence-electron chi connectivity index (χ1n) is 7.32. The van der Waals surface area contributed by atoms with Gasteiger partial charge in [-0.15, -0.1) is 0 Å². The maximum Gasteiger partial charge on any atom is 0.273 e. The number of carbonyl (C=O) groups is 1. The highest BCUT2D eigenvalue weighted by molar-refractivity contribution is 5.93. The van der Waals surface area contributed by atoms with Crippen molar-refractivity contribution in [1.29, 1.82) is 0 Å². The molecular weight excluding hydrogens is 294 g/mol. The van der Waals surface area contributed by atoms with Crippen LogP contribution < -0.4 is 5.32 Å². The fourth-order valence-electron chi connectivity index (χ4n) is 2.26. The molecule has 0 aliphatic carbocycles. The van der Waals surface area contributed by atoms with Gasteiger partial charge >= 0.3 is 0 Å². The van der Waals surface area contributed by atoms with E-state index in [1.807, 2.05) is 44.2 Å². The van der Waals surface area contributed by atoms with Crippen molar-refractivity contribution in [2.75, 3.05) is 6.54 Å². The predicted octanol–water partition coefficient (Wildman–Crippen LogP) is 1.98. The molecule has 3 rings (SSSR count). The Balaban J connectivity index is 1.59. The van der Waals surface area contributed by atoms with Crippen molar-refractivity contribution < 1.29 is 9.32 Å². The highest BCUT2D eigenvalue weighted by atomic mass is 16.5. The van der Waals surface area contributed by atoms with Gasteiger partial charge in [-0.2, -0.15) is 5.10 Å². The van der Waals surface area contributed by atoms with Gasteiger partial charge in [0.1, 0.15) is 11.6 Å². The van der Waals surface area contributed by atoms with Crippen molar-refractivity contribution in [3.05, 3.63) is 53.7 Å². The molecule has 1 amide bonds. The lowest BCUT2D eigenvalue weighted by atomic mass is 10.1. The van der Waals surface area contributed by atoms with E-state index >= 15 is 0 Å². The molecule has 2 aromatic heterocycles. The summed E-state index contributed by atoms with van der Waals surface area (Å²) in [6.07, 6.45) is 0. The summed E-state index contributed by atoms with van der Waals surface area (Å²) in [5, 5.41) is 10.9. The molecule has 23 heavy (non-hydrogen) atoms. The molecule has 0 atom stereocenters. The first kappa shape index (κ1) is 15.0. The minimum atomic E-state index is -0.273. The van der Waals surface area contributed by atoms with Gasteiger partial charge in [-0.05, 0) is 13.8 Å². The number of aryl methyl sites for hydroxylation is 2. The number of nitrogens with one attached hydrogen (secondary N) is 1. The van der Waals surface area contributed by atoms with Crippen LogP contribution in [0.15, 0.2) is 40.9 Å². The van der Waals surface area contributed by atoms with Crippen molar-refractivity contribution in [3.63, 3.8) is 0 Å². The van der Waals surface area contributed by atoms with E-state index in [4.69, 9.17) is 4.52 Å². The number of hydrogen-bond acceptors (Lipinski definition) is 5. The molecule has 3 aromatic rings. The van der Waals surface area contributed by atoms with Gasteiger partial charge in [0, 0.05) is 18.2 Å². The average molecular weight is 311 g/mol. The summed E-state index contributed by atoms with van der Waals surface area (Å²) in [5.41, 5.74) is 1.14. The van der Waals surface area contributed by atoms with Crippen molar-refractivity contribution in [1.82, 2.24) is 25.2 Å². The maximum absolute atomic E-state index is 12.1. The molecule has 0 aliphatic rings. The quantitative estimate of drug-likeness (QED) is 0.778. The Kier molecular flexibility index (Phi) is 4.18. The SMILES string of the molecule is Cc1nc(C)n(CCNC(=O)c2cc(-c3ccccc3)on2)n1. The van der Waals surface area contributed by atoms with Gasteiger partial charge < -0.3 is 9.84 Å². The zero-order valence-corrected chi connectivity index (χ0v) is 13.0. The molecule has 7 heteroatoms. The van der Waals surface area contributed by atoms with E-state index < -0.39 is 0 Å². The maximum atomic E-state index is 12.1. The Morgan fingerprint density at radius 2 is 2.04 bits per heavy atom. The van der Waals surface area contributed by atoms with Gasteiger partial charge in [-0.1, -0.05) is 35.5 Å². The van der Waals surface area contributed by atoms with E-state index in [9.17, 15) is 4.79 Å². The van der Waals surface area contributed by atoms with E-state index in [2.05, 4.69) is 20.6 Å². The van der Waals surface area contributed by atoms with Crippen LogP contribution in [0.2, 0.25) is 0 Å². The van der Waals surface area contributed by atoms with Gasteiger partial charge in [0.25, 0.3) is 5.91 Å². The van der Waals surface area contributed by atoms with Crippen LogP contribution in [-0.4, -0.2) is 32.4 Å². The summed E-state index contributed by atoms with van der Waals surface area (Å²) in [7, 11) is 0. The second-order valence-electron chi connectivity index (χ2n) is 5.13. The Bertz CT molecular complexity index is 807. The first-order chi connectivity index (χ1) is 11.1. The molecule has 0 saturated heterocycles. The van der Waals surface area contributed by atoms with Gasteiger partial charge in [0.15, 0.2) is 11.5 Å². The predicted molar refractivity (Wildman–Crippen MR) is 83.8 cm³/mol. The second kappa shape index (κ2) is 6.43. The summed E-state index contributed by atoms with van der Waals surface area (Å²) in [5.74, 6) is 1.84. The second-order valence-corrected chi connectivity index (χ2v) is 5.13. The Morgan fingerprint density at radius 3 is 2.74 bits per heavy atom. The van der Waals surface area contributed by atoms with Crippen LogP contribution in [-0.2, 0) is 6.54 Å². The van der Waals surface area contributed by atoms with E-state index in [1.165, 1.54) is 0 Å².